The lowest BCUT2D eigenvalue weighted by Crippen LogP contribution is -2.14. The maximum Gasteiger partial charge on any atom is 0.142 e. The molecule has 0 fully saturated rings. The highest BCUT2D eigenvalue weighted by molar-refractivity contribution is 7.99. The normalized spacial score (nSPS) is 10.3. The first-order valence-electron chi connectivity index (χ1n) is 4.61. The van der Waals surface area contributed by atoms with Crippen LogP contribution in [-0.4, -0.2) is 31.3 Å². The molecule has 0 aromatic heterocycles. The molecule has 0 saturated carbocycles. The summed E-state index contributed by atoms with van der Waals surface area (Å²) in [6, 6.07) is 6.62. The third-order valence-electron chi connectivity index (χ3n) is 1.88. The fourth-order valence-electron chi connectivity index (χ4n) is 1.07. The van der Waals surface area contributed by atoms with Crippen LogP contribution in [0.15, 0.2) is 23.1 Å². The van der Waals surface area contributed by atoms with E-state index in [1.807, 2.05) is 20.2 Å². The molecule has 0 spiro atoms. The molecule has 0 aliphatic carbocycles. The summed E-state index contributed by atoms with van der Waals surface area (Å²) in [6.07, 6.45) is 0. The van der Waals surface area contributed by atoms with E-state index in [0.29, 0.717) is 0 Å². The van der Waals surface area contributed by atoms with Crippen molar-refractivity contribution in [3.63, 3.8) is 0 Å². The third kappa shape index (κ3) is 3.54. The minimum Gasteiger partial charge on any atom is -0.309 e. The molecule has 4 heteroatoms. The summed E-state index contributed by atoms with van der Waals surface area (Å²) in [6.45, 7) is 0.909. The first-order valence-corrected chi connectivity index (χ1v) is 5.60. The van der Waals surface area contributed by atoms with Gasteiger partial charge in [-0.05, 0) is 26.2 Å². The van der Waals surface area contributed by atoms with Crippen LogP contribution in [0.25, 0.3) is 0 Å². The maximum atomic E-state index is 13.2. The van der Waals surface area contributed by atoms with Gasteiger partial charge in [0.25, 0.3) is 0 Å². The molecule has 0 heterocycles. The molecule has 2 nitrogen and oxygen atoms in total. The first-order chi connectivity index (χ1) is 7.15. The van der Waals surface area contributed by atoms with Crippen LogP contribution in [0.1, 0.15) is 5.56 Å². The summed E-state index contributed by atoms with van der Waals surface area (Å²) >= 11 is 1.51. The summed E-state index contributed by atoms with van der Waals surface area (Å²) in [5, 5.41) is 8.79. The minimum absolute atomic E-state index is 0.154. The minimum atomic E-state index is -0.438. The van der Waals surface area contributed by atoms with E-state index in [4.69, 9.17) is 5.26 Å². The van der Waals surface area contributed by atoms with Crippen molar-refractivity contribution in [2.24, 2.45) is 0 Å². The fraction of sp³-hybridized carbons (Fsp3) is 0.364. The van der Waals surface area contributed by atoms with Gasteiger partial charge >= 0.3 is 0 Å². The third-order valence-corrected chi connectivity index (χ3v) is 2.92. The van der Waals surface area contributed by atoms with E-state index in [2.05, 4.69) is 4.90 Å². The summed E-state index contributed by atoms with van der Waals surface area (Å²) in [5.41, 5.74) is 0.154. The lowest BCUT2D eigenvalue weighted by Gasteiger charge is -2.09. The van der Waals surface area contributed by atoms with Crippen LogP contribution in [0.3, 0.4) is 0 Å². The lowest BCUT2D eigenvalue weighted by atomic mass is 10.2. The standard InChI is InChI=1S/C11H13FN2S/c1-14(2)6-7-15-11-5-3-4-10(12)9(11)8-13/h3-5H,6-7H2,1-2H3. The molecule has 1 aromatic rings. The van der Waals surface area contributed by atoms with Crippen LogP contribution in [-0.2, 0) is 0 Å². The molecule has 0 aliphatic rings. The average molecular weight is 224 g/mol. The second-order valence-corrected chi connectivity index (χ2v) is 4.51. The van der Waals surface area contributed by atoms with E-state index in [1.165, 1.54) is 17.8 Å². The van der Waals surface area contributed by atoms with Crippen LogP contribution < -0.4 is 0 Å². The molecule has 15 heavy (non-hydrogen) atoms. The topological polar surface area (TPSA) is 27.0 Å². The van der Waals surface area contributed by atoms with Gasteiger partial charge in [-0.25, -0.2) is 4.39 Å². The van der Waals surface area contributed by atoms with E-state index in [0.717, 1.165) is 17.2 Å². The second kappa shape index (κ2) is 5.74. The number of hydrogen-bond donors (Lipinski definition) is 0. The smallest absolute Gasteiger partial charge is 0.142 e. The summed E-state index contributed by atoms with van der Waals surface area (Å²) < 4.78 is 13.2. The van der Waals surface area contributed by atoms with Crippen LogP contribution in [0, 0.1) is 17.1 Å². The SMILES string of the molecule is CN(C)CCSc1cccc(F)c1C#N. The Labute approximate surface area is 93.7 Å². The number of rotatable bonds is 4. The largest absolute Gasteiger partial charge is 0.309 e. The lowest BCUT2D eigenvalue weighted by molar-refractivity contribution is 0.437. The first kappa shape index (κ1) is 12.0. The van der Waals surface area contributed by atoms with E-state index in [9.17, 15) is 4.39 Å². The zero-order valence-corrected chi connectivity index (χ0v) is 9.64. The van der Waals surface area contributed by atoms with Gasteiger partial charge in [0.1, 0.15) is 17.4 Å². The number of hydrogen-bond acceptors (Lipinski definition) is 3. The van der Waals surface area contributed by atoms with Crippen molar-refractivity contribution in [1.29, 1.82) is 5.26 Å². The van der Waals surface area contributed by atoms with Crippen molar-refractivity contribution >= 4 is 11.8 Å². The predicted octanol–water partition coefficient (Wildman–Crippen LogP) is 2.35. The molecule has 80 valence electrons. The Morgan fingerprint density at radius 2 is 2.20 bits per heavy atom. The highest BCUT2D eigenvalue weighted by atomic mass is 32.2. The molecule has 0 saturated heterocycles. The van der Waals surface area contributed by atoms with Gasteiger partial charge in [-0.2, -0.15) is 5.26 Å². The van der Waals surface area contributed by atoms with Crippen molar-refractivity contribution in [2.75, 3.05) is 26.4 Å². The zero-order chi connectivity index (χ0) is 11.3. The molecule has 0 radical (unpaired) electrons. The van der Waals surface area contributed by atoms with Gasteiger partial charge < -0.3 is 4.90 Å². The van der Waals surface area contributed by atoms with Crippen molar-refractivity contribution in [1.82, 2.24) is 4.90 Å². The number of benzene rings is 1. The van der Waals surface area contributed by atoms with Gasteiger partial charge in [-0.3, -0.25) is 0 Å². The molecule has 0 atom stereocenters. The van der Waals surface area contributed by atoms with Crippen molar-refractivity contribution < 1.29 is 4.39 Å². The summed E-state index contributed by atoms with van der Waals surface area (Å²) in [7, 11) is 3.97. The van der Waals surface area contributed by atoms with Crippen LogP contribution in [0.5, 0.6) is 0 Å². The second-order valence-electron chi connectivity index (χ2n) is 3.38. The van der Waals surface area contributed by atoms with E-state index >= 15 is 0 Å². The quantitative estimate of drug-likeness (QED) is 0.735. The Morgan fingerprint density at radius 1 is 1.47 bits per heavy atom. The van der Waals surface area contributed by atoms with E-state index in [1.54, 1.807) is 12.1 Å². The molecule has 0 N–H and O–H groups in total. The fourth-order valence-corrected chi connectivity index (χ4v) is 2.21. The molecule has 1 aromatic carbocycles. The number of nitrogens with zero attached hydrogens (tertiary/aromatic N) is 2. The average Bonchev–Trinajstić information content (AvgIpc) is 2.17. The molecule has 0 amide bonds. The summed E-state index contributed by atoms with van der Waals surface area (Å²) in [5.74, 6) is 0.415. The number of nitriles is 1. The Kier molecular flexibility index (Phi) is 4.60. The van der Waals surface area contributed by atoms with E-state index < -0.39 is 5.82 Å². The monoisotopic (exact) mass is 224 g/mol. The Morgan fingerprint density at radius 3 is 2.80 bits per heavy atom. The van der Waals surface area contributed by atoms with Crippen LogP contribution in [0.2, 0.25) is 0 Å². The Hall–Kier alpha value is -1.05. The Bertz CT molecular complexity index is 371. The molecule has 0 aliphatic heterocycles. The maximum absolute atomic E-state index is 13.2. The van der Waals surface area contributed by atoms with Gasteiger partial charge in [0, 0.05) is 17.2 Å². The highest BCUT2D eigenvalue weighted by Crippen LogP contribution is 2.23. The zero-order valence-electron chi connectivity index (χ0n) is 8.83. The van der Waals surface area contributed by atoms with Gasteiger partial charge in [0.2, 0.25) is 0 Å². The van der Waals surface area contributed by atoms with Gasteiger partial charge in [-0.15, -0.1) is 11.8 Å². The molecule has 0 bridgehead atoms. The van der Waals surface area contributed by atoms with Crippen molar-refractivity contribution in [2.45, 2.75) is 4.90 Å². The molecular formula is C11H13FN2S. The van der Waals surface area contributed by atoms with Gasteiger partial charge in [-0.1, -0.05) is 6.07 Å². The van der Waals surface area contributed by atoms with Crippen LogP contribution >= 0.6 is 11.8 Å². The number of thioether (sulfide) groups is 1. The van der Waals surface area contributed by atoms with Crippen molar-refractivity contribution in [3.8, 4) is 6.07 Å². The molecule has 1 rings (SSSR count). The predicted molar refractivity (Wildman–Crippen MR) is 60.4 cm³/mol. The number of halogens is 1. The highest BCUT2D eigenvalue weighted by Gasteiger charge is 2.07. The summed E-state index contributed by atoms with van der Waals surface area (Å²) in [4.78, 5) is 2.78. The Balaban J connectivity index is 2.69. The van der Waals surface area contributed by atoms with Gasteiger partial charge in [0.15, 0.2) is 0 Å². The van der Waals surface area contributed by atoms with E-state index in [-0.39, 0.29) is 5.56 Å². The van der Waals surface area contributed by atoms with Crippen molar-refractivity contribution in [3.05, 3.63) is 29.6 Å². The molecular weight excluding hydrogens is 211 g/mol. The van der Waals surface area contributed by atoms with Crippen LogP contribution in [0.4, 0.5) is 4.39 Å². The van der Waals surface area contributed by atoms with Gasteiger partial charge in [0.05, 0.1) is 0 Å². The molecule has 0 unspecified atom stereocenters.